The molecule has 0 atom stereocenters. The Morgan fingerprint density at radius 1 is 1.35 bits per heavy atom. The number of rotatable bonds is 3. The molecular weight excluding hydrogens is 399 g/mol. The van der Waals surface area contributed by atoms with Crippen LogP contribution < -0.4 is 0 Å². The summed E-state index contributed by atoms with van der Waals surface area (Å²) in [6.07, 6.45) is 3.25. The third-order valence-electron chi connectivity index (χ3n) is 5.26. The van der Waals surface area contributed by atoms with Gasteiger partial charge in [-0.3, -0.25) is 5.01 Å². The van der Waals surface area contributed by atoms with Gasteiger partial charge in [-0.05, 0) is 52.7 Å². The highest BCUT2D eigenvalue weighted by molar-refractivity contribution is 5.95. The number of benzene rings is 1. The van der Waals surface area contributed by atoms with E-state index >= 15 is 0 Å². The van der Waals surface area contributed by atoms with Crippen molar-refractivity contribution in [2.45, 2.75) is 58.8 Å². The van der Waals surface area contributed by atoms with Crippen molar-refractivity contribution in [2.75, 3.05) is 19.6 Å². The van der Waals surface area contributed by atoms with Crippen LogP contribution in [0.1, 0.15) is 51.7 Å². The van der Waals surface area contributed by atoms with Gasteiger partial charge in [-0.15, -0.1) is 5.10 Å². The van der Waals surface area contributed by atoms with Crippen molar-refractivity contribution in [3.8, 4) is 6.07 Å². The second-order valence-corrected chi connectivity index (χ2v) is 8.72. The molecule has 1 aromatic rings. The Bertz CT molecular complexity index is 922. The monoisotopic (exact) mass is 428 g/mol. The van der Waals surface area contributed by atoms with E-state index in [1.807, 2.05) is 44.8 Å². The van der Waals surface area contributed by atoms with E-state index in [9.17, 15) is 9.18 Å². The largest absolute Gasteiger partial charge is 0.471 e. The van der Waals surface area contributed by atoms with Gasteiger partial charge in [0.25, 0.3) is 0 Å². The summed E-state index contributed by atoms with van der Waals surface area (Å²) in [6, 6.07) is 6.45. The zero-order valence-corrected chi connectivity index (χ0v) is 18.5. The zero-order chi connectivity index (χ0) is 22.6. The van der Waals surface area contributed by atoms with Gasteiger partial charge in [0.05, 0.1) is 24.2 Å². The Kier molecular flexibility index (Phi) is 6.84. The molecule has 0 spiro atoms. The Hall–Kier alpha value is -3.08. The Balaban J connectivity index is 1.58. The van der Waals surface area contributed by atoms with Crippen molar-refractivity contribution in [2.24, 2.45) is 5.10 Å². The van der Waals surface area contributed by atoms with Crippen LogP contribution in [-0.4, -0.2) is 53.2 Å². The first kappa shape index (κ1) is 22.6. The molecule has 2 heterocycles. The number of ether oxygens (including phenoxy) is 2. The maximum absolute atomic E-state index is 14.1. The summed E-state index contributed by atoms with van der Waals surface area (Å²) in [5.41, 5.74) is 1.09. The lowest BCUT2D eigenvalue weighted by Gasteiger charge is -2.36. The number of hydrazone groups is 1. The maximum atomic E-state index is 14.1. The van der Waals surface area contributed by atoms with Gasteiger partial charge in [-0.25, -0.2) is 9.18 Å². The minimum atomic E-state index is -0.505. The maximum Gasteiger partial charge on any atom is 0.410 e. The van der Waals surface area contributed by atoms with Crippen molar-refractivity contribution in [3.63, 3.8) is 0 Å². The molecule has 166 valence electrons. The van der Waals surface area contributed by atoms with E-state index in [2.05, 4.69) is 5.10 Å². The van der Waals surface area contributed by atoms with E-state index in [0.717, 1.165) is 18.4 Å². The smallest absolute Gasteiger partial charge is 0.410 e. The first-order valence-electron chi connectivity index (χ1n) is 10.5. The van der Waals surface area contributed by atoms with Gasteiger partial charge in [0.15, 0.2) is 0 Å². The van der Waals surface area contributed by atoms with E-state index in [4.69, 9.17) is 14.7 Å². The fraction of sp³-hybridized carbons (Fsp3) is 0.522. The van der Waals surface area contributed by atoms with Crippen LogP contribution in [0, 0.1) is 17.1 Å². The number of hydrogen-bond acceptors (Lipinski definition) is 6. The van der Waals surface area contributed by atoms with Gasteiger partial charge in [0.2, 0.25) is 5.90 Å². The third kappa shape index (κ3) is 5.75. The topological polar surface area (TPSA) is 78.2 Å². The normalized spacial score (nSPS) is 18.7. The van der Waals surface area contributed by atoms with E-state index in [-0.39, 0.29) is 24.3 Å². The highest BCUT2D eigenvalue weighted by Crippen LogP contribution is 2.25. The molecule has 0 N–H and O–H groups in total. The van der Waals surface area contributed by atoms with Crippen LogP contribution in [0.2, 0.25) is 0 Å². The fourth-order valence-electron chi connectivity index (χ4n) is 3.56. The highest BCUT2D eigenvalue weighted by Gasteiger charge is 2.32. The molecule has 0 saturated carbocycles. The van der Waals surface area contributed by atoms with Gasteiger partial charge in [0, 0.05) is 24.2 Å². The lowest BCUT2D eigenvalue weighted by molar-refractivity contribution is 0.0152. The summed E-state index contributed by atoms with van der Waals surface area (Å²) in [4.78, 5) is 14.0. The molecule has 1 saturated heterocycles. The van der Waals surface area contributed by atoms with E-state index < -0.39 is 11.4 Å². The van der Waals surface area contributed by atoms with Gasteiger partial charge in [-0.2, -0.15) is 5.26 Å². The van der Waals surface area contributed by atoms with Crippen LogP contribution in [0.25, 0.3) is 0 Å². The predicted octanol–water partition coefficient (Wildman–Crippen LogP) is 4.19. The molecule has 0 radical (unpaired) electrons. The summed E-state index contributed by atoms with van der Waals surface area (Å²) in [7, 11) is 0. The molecular formula is C23H29FN4O3. The van der Waals surface area contributed by atoms with E-state index in [1.54, 1.807) is 17.0 Å². The van der Waals surface area contributed by atoms with Crippen LogP contribution in [0.4, 0.5) is 9.18 Å². The number of piperidine rings is 1. The van der Waals surface area contributed by atoms with Crippen molar-refractivity contribution in [3.05, 3.63) is 46.8 Å². The lowest BCUT2D eigenvalue weighted by Crippen LogP contribution is -2.46. The van der Waals surface area contributed by atoms with E-state index in [1.165, 1.54) is 6.07 Å². The second kappa shape index (κ2) is 9.38. The molecule has 0 aromatic heterocycles. The molecule has 2 aliphatic heterocycles. The predicted molar refractivity (Wildman–Crippen MR) is 115 cm³/mol. The zero-order valence-electron chi connectivity index (χ0n) is 18.5. The summed E-state index contributed by atoms with van der Waals surface area (Å²) in [5.74, 6) is 0.0203. The SMILES string of the molecule is CC=C1CN(C2CCN(C(=O)OC(C)(C)C)CC2)N=C1OCc1ccc(C#N)cc1F. The number of carbonyl (C=O) groups excluding carboxylic acids is 1. The average Bonchev–Trinajstić information content (AvgIpc) is 3.15. The molecule has 1 amide bonds. The Morgan fingerprint density at radius 2 is 2.06 bits per heavy atom. The van der Waals surface area contributed by atoms with Gasteiger partial charge in [0.1, 0.15) is 18.0 Å². The number of halogens is 1. The van der Waals surface area contributed by atoms with E-state index in [0.29, 0.717) is 31.1 Å². The highest BCUT2D eigenvalue weighted by atomic mass is 19.1. The fourth-order valence-corrected chi connectivity index (χ4v) is 3.56. The number of nitrogens with zero attached hydrogens (tertiary/aromatic N) is 4. The first-order chi connectivity index (χ1) is 14.7. The summed E-state index contributed by atoms with van der Waals surface area (Å²) in [6.45, 7) is 9.40. The van der Waals surface area contributed by atoms with Crippen molar-refractivity contribution in [1.29, 1.82) is 5.26 Å². The number of likely N-dealkylation sites (tertiary alicyclic amines) is 1. The molecule has 3 rings (SSSR count). The van der Waals surface area contributed by atoms with Crippen LogP contribution in [0.3, 0.4) is 0 Å². The summed E-state index contributed by atoms with van der Waals surface area (Å²) >= 11 is 0. The third-order valence-corrected chi connectivity index (χ3v) is 5.26. The molecule has 1 aromatic carbocycles. The van der Waals surface area contributed by atoms with Crippen LogP contribution >= 0.6 is 0 Å². The number of amides is 1. The molecule has 8 heteroatoms. The average molecular weight is 429 g/mol. The minimum absolute atomic E-state index is 0.0403. The van der Waals surface area contributed by atoms with Crippen LogP contribution in [-0.2, 0) is 16.1 Å². The number of carbonyl (C=O) groups is 1. The molecule has 0 aliphatic carbocycles. The van der Waals surface area contributed by atoms with Gasteiger partial charge < -0.3 is 14.4 Å². The van der Waals surface area contributed by atoms with Crippen LogP contribution in [0.5, 0.6) is 0 Å². The molecule has 1 fully saturated rings. The molecule has 0 unspecified atom stereocenters. The number of allylic oxidation sites excluding steroid dienone is 1. The van der Waals surface area contributed by atoms with Gasteiger partial charge in [-0.1, -0.05) is 12.1 Å². The molecule has 0 bridgehead atoms. The molecule has 2 aliphatic rings. The molecule has 7 nitrogen and oxygen atoms in total. The van der Waals surface area contributed by atoms with Gasteiger partial charge >= 0.3 is 6.09 Å². The standard InChI is InChI=1S/C23H29FN4O3/c1-5-17-14-28(19-8-10-27(11-9-19)22(29)31-23(2,3)4)26-21(17)30-15-18-7-6-16(13-25)12-20(18)24/h5-7,12,19H,8-11,14-15H2,1-4H3. The van der Waals surface area contributed by atoms with Crippen molar-refractivity contribution < 1.29 is 18.7 Å². The summed E-state index contributed by atoms with van der Waals surface area (Å²) < 4.78 is 25.4. The Labute approximate surface area is 182 Å². The Morgan fingerprint density at radius 3 is 2.65 bits per heavy atom. The van der Waals surface area contributed by atoms with Crippen LogP contribution in [0.15, 0.2) is 34.9 Å². The molecule has 31 heavy (non-hydrogen) atoms. The number of nitriles is 1. The lowest BCUT2D eigenvalue weighted by atomic mass is 10.0. The quantitative estimate of drug-likeness (QED) is 0.721. The summed E-state index contributed by atoms with van der Waals surface area (Å²) in [5, 5.41) is 15.5. The van der Waals surface area contributed by atoms with Crippen molar-refractivity contribution >= 4 is 12.0 Å². The first-order valence-corrected chi connectivity index (χ1v) is 10.5. The second-order valence-electron chi connectivity index (χ2n) is 8.72. The van der Waals surface area contributed by atoms with Crippen molar-refractivity contribution in [1.82, 2.24) is 9.91 Å². The number of hydrogen-bond donors (Lipinski definition) is 0. The minimum Gasteiger partial charge on any atom is -0.471 e.